The summed E-state index contributed by atoms with van der Waals surface area (Å²) in [5.74, 6) is 1.01. The maximum absolute atomic E-state index is 13.4. The molecule has 4 heteroatoms. The summed E-state index contributed by atoms with van der Waals surface area (Å²) < 4.78 is 11.4. The first-order valence-corrected chi connectivity index (χ1v) is 9.61. The van der Waals surface area contributed by atoms with Crippen LogP contribution in [0.25, 0.3) is 0 Å². The Balaban J connectivity index is 1.67. The highest BCUT2D eigenvalue weighted by atomic mass is 16.5. The lowest BCUT2D eigenvalue weighted by Crippen LogP contribution is -2.49. The Hall–Kier alpha value is -2.33. The zero-order valence-corrected chi connectivity index (χ0v) is 16.5. The first kappa shape index (κ1) is 19.4. The molecule has 1 amide bonds. The van der Waals surface area contributed by atoms with Gasteiger partial charge in [0.1, 0.15) is 12.4 Å². The Morgan fingerprint density at radius 3 is 2.33 bits per heavy atom. The van der Waals surface area contributed by atoms with Crippen molar-refractivity contribution in [3.8, 4) is 5.75 Å². The van der Waals surface area contributed by atoms with Gasteiger partial charge in [-0.05, 0) is 55.5 Å². The summed E-state index contributed by atoms with van der Waals surface area (Å²) in [7, 11) is 1.87. The van der Waals surface area contributed by atoms with E-state index in [0.717, 1.165) is 24.2 Å². The van der Waals surface area contributed by atoms with E-state index < -0.39 is 5.41 Å². The fourth-order valence-electron chi connectivity index (χ4n) is 3.89. The van der Waals surface area contributed by atoms with E-state index in [1.807, 2.05) is 37.4 Å². The molecule has 0 aliphatic carbocycles. The Morgan fingerprint density at radius 1 is 1.07 bits per heavy atom. The Bertz CT molecular complexity index is 746. The third kappa shape index (κ3) is 4.51. The van der Waals surface area contributed by atoms with Crippen LogP contribution < -0.4 is 4.74 Å². The second kappa shape index (κ2) is 8.57. The highest BCUT2D eigenvalue weighted by Crippen LogP contribution is 2.36. The van der Waals surface area contributed by atoms with Crippen molar-refractivity contribution in [2.24, 2.45) is 0 Å². The number of ether oxygens (including phenoxy) is 2. The molecule has 0 unspecified atom stereocenters. The quantitative estimate of drug-likeness (QED) is 0.777. The fourth-order valence-corrected chi connectivity index (χ4v) is 3.89. The lowest BCUT2D eigenvalue weighted by Gasteiger charge is -2.39. The molecule has 1 aliphatic rings. The minimum atomic E-state index is -0.492. The van der Waals surface area contributed by atoms with E-state index in [9.17, 15) is 4.79 Å². The molecule has 4 nitrogen and oxygen atoms in total. The highest BCUT2D eigenvalue weighted by Gasteiger charge is 2.43. The summed E-state index contributed by atoms with van der Waals surface area (Å²) in [6.45, 7) is 6.39. The lowest BCUT2D eigenvalue weighted by atomic mass is 9.73. The summed E-state index contributed by atoms with van der Waals surface area (Å²) in [6.07, 6.45) is 1.44. The van der Waals surface area contributed by atoms with E-state index in [1.165, 1.54) is 11.1 Å². The van der Waals surface area contributed by atoms with Crippen molar-refractivity contribution in [1.82, 2.24) is 4.90 Å². The van der Waals surface area contributed by atoms with Crippen molar-refractivity contribution >= 4 is 5.91 Å². The van der Waals surface area contributed by atoms with Crippen LogP contribution >= 0.6 is 0 Å². The molecule has 0 radical (unpaired) electrons. The highest BCUT2D eigenvalue weighted by molar-refractivity contribution is 5.88. The third-order valence-electron chi connectivity index (χ3n) is 5.32. The number of hydrogen-bond acceptors (Lipinski definition) is 3. The van der Waals surface area contributed by atoms with E-state index in [1.54, 1.807) is 4.90 Å². The molecule has 0 atom stereocenters. The van der Waals surface area contributed by atoms with Crippen LogP contribution in [-0.4, -0.2) is 44.2 Å². The predicted octanol–water partition coefficient (Wildman–Crippen LogP) is 3.89. The number of aryl methyl sites for hydroxylation is 2. The molecule has 144 valence electrons. The second-order valence-corrected chi connectivity index (χ2v) is 7.46. The number of likely N-dealkylation sites (N-methyl/N-ethyl adjacent to an activating group) is 1. The van der Waals surface area contributed by atoms with Crippen LogP contribution in [0.4, 0.5) is 0 Å². The van der Waals surface area contributed by atoms with Crippen LogP contribution in [0, 0.1) is 13.8 Å². The molecule has 0 N–H and O–H groups in total. The van der Waals surface area contributed by atoms with Crippen molar-refractivity contribution in [2.45, 2.75) is 32.1 Å². The normalized spacial score (nSPS) is 16.0. The van der Waals surface area contributed by atoms with E-state index in [4.69, 9.17) is 9.47 Å². The summed E-state index contributed by atoms with van der Waals surface area (Å²) in [5, 5.41) is 0. The molecule has 2 aromatic carbocycles. The van der Waals surface area contributed by atoms with Gasteiger partial charge in [-0.25, -0.2) is 0 Å². The smallest absolute Gasteiger partial charge is 0.233 e. The Morgan fingerprint density at radius 2 is 1.70 bits per heavy atom. The zero-order chi connectivity index (χ0) is 19.3. The van der Waals surface area contributed by atoms with Gasteiger partial charge in [-0.15, -0.1) is 0 Å². The Kier molecular flexibility index (Phi) is 6.17. The number of rotatable bonds is 6. The van der Waals surface area contributed by atoms with Crippen LogP contribution in [0.2, 0.25) is 0 Å². The van der Waals surface area contributed by atoms with Crippen LogP contribution in [0.3, 0.4) is 0 Å². The minimum absolute atomic E-state index is 0.154. The summed E-state index contributed by atoms with van der Waals surface area (Å²) in [6, 6.07) is 16.3. The number of hydrogen-bond donors (Lipinski definition) is 0. The number of nitrogens with zero attached hydrogens (tertiary/aromatic N) is 1. The van der Waals surface area contributed by atoms with Crippen LogP contribution in [0.1, 0.15) is 29.5 Å². The molecule has 27 heavy (non-hydrogen) atoms. The van der Waals surface area contributed by atoms with Gasteiger partial charge in [0.15, 0.2) is 0 Å². The zero-order valence-electron chi connectivity index (χ0n) is 16.5. The standard InChI is InChI=1S/C23H29NO3/c1-18-15-19(2)17-21(16-18)27-14-11-24(3)22(25)23(9-12-26-13-10-23)20-7-5-4-6-8-20/h4-8,15-17H,9-14H2,1-3H3. The average molecular weight is 367 g/mol. The van der Waals surface area contributed by atoms with Gasteiger partial charge < -0.3 is 14.4 Å². The minimum Gasteiger partial charge on any atom is -0.492 e. The van der Waals surface area contributed by atoms with Gasteiger partial charge in [-0.3, -0.25) is 4.79 Å². The van der Waals surface area contributed by atoms with E-state index >= 15 is 0 Å². The molecular formula is C23H29NO3. The number of carbonyl (C=O) groups is 1. The molecule has 1 saturated heterocycles. The van der Waals surface area contributed by atoms with Crippen molar-refractivity contribution in [3.63, 3.8) is 0 Å². The number of amides is 1. The van der Waals surface area contributed by atoms with Gasteiger partial charge in [0, 0.05) is 20.3 Å². The Labute approximate surface area is 162 Å². The van der Waals surface area contributed by atoms with Gasteiger partial charge in [-0.1, -0.05) is 36.4 Å². The van der Waals surface area contributed by atoms with Crippen molar-refractivity contribution in [1.29, 1.82) is 0 Å². The van der Waals surface area contributed by atoms with Crippen LogP contribution in [0.15, 0.2) is 48.5 Å². The van der Waals surface area contributed by atoms with Crippen molar-refractivity contribution < 1.29 is 14.3 Å². The fraction of sp³-hybridized carbons (Fsp3) is 0.435. The molecule has 3 rings (SSSR count). The van der Waals surface area contributed by atoms with E-state index in [0.29, 0.717) is 26.4 Å². The molecule has 1 fully saturated rings. The lowest BCUT2D eigenvalue weighted by molar-refractivity contribution is -0.140. The largest absolute Gasteiger partial charge is 0.492 e. The summed E-state index contributed by atoms with van der Waals surface area (Å²) >= 11 is 0. The number of benzene rings is 2. The maximum Gasteiger partial charge on any atom is 0.233 e. The first-order chi connectivity index (χ1) is 13.0. The van der Waals surface area contributed by atoms with Crippen molar-refractivity contribution in [2.75, 3.05) is 33.4 Å². The third-order valence-corrected chi connectivity index (χ3v) is 5.32. The van der Waals surface area contributed by atoms with Gasteiger partial charge in [0.05, 0.1) is 12.0 Å². The molecule has 1 heterocycles. The monoisotopic (exact) mass is 367 g/mol. The second-order valence-electron chi connectivity index (χ2n) is 7.46. The van der Waals surface area contributed by atoms with Gasteiger partial charge in [-0.2, -0.15) is 0 Å². The summed E-state index contributed by atoms with van der Waals surface area (Å²) in [4.78, 5) is 15.2. The molecule has 2 aromatic rings. The molecule has 0 saturated carbocycles. The van der Waals surface area contributed by atoms with Gasteiger partial charge in [0.25, 0.3) is 0 Å². The van der Waals surface area contributed by atoms with Gasteiger partial charge in [0.2, 0.25) is 5.91 Å². The van der Waals surface area contributed by atoms with Gasteiger partial charge >= 0.3 is 0 Å². The number of carbonyl (C=O) groups excluding carboxylic acids is 1. The predicted molar refractivity (Wildman–Crippen MR) is 107 cm³/mol. The SMILES string of the molecule is Cc1cc(C)cc(OCCN(C)C(=O)C2(c3ccccc3)CCOCC2)c1. The van der Waals surface area contributed by atoms with Crippen molar-refractivity contribution in [3.05, 3.63) is 65.2 Å². The molecule has 0 bridgehead atoms. The van der Waals surface area contributed by atoms with Crippen LogP contribution in [-0.2, 0) is 14.9 Å². The summed E-state index contributed by atoms with van der Waals surface area (Å²) in [5.41, 5.74) is 2.95. The van der Waals surface area contributed by atoms with Crippen LogP contribution in [0.5, 0.6) is 5.75 Å². The molecule has 1 aliphatic heterocycles. The van der Waals surface area contributed by atoms with E-state index in [-0.39, 0.29) is 5.91 Å². The van der Waals surface area contributed by atoms with E-state index in [2.05, 4.69) is 32.0 Å². The average Bonchev–Trinajstić information content (AvgIpc) is 2.68. The molecule has 0 aromatic heterocycles. The molecule has 0 spiro atoms. The molecular weight excluding hydrogens is 338 g/mol. The topological polar surface area (TPSA) is 38.8 Å². The first-order valence-electron chi connectivity index (χ1n) is 9.61. The maximum atomic E-state index is 13.4.